The lowest BCUT2D eigenvalue weighted by Crippen LogP contribution is -2.45. The molecular weight excluding hydrogens is 446 g/mol. The molecule has 2 aliphatic rings. The number of rotatable bonds is 7. The molecule has 7 N–H and O–H groups in total. The van der Waals surface area contributed by atoms with Crippen molar-refractivity contribution in [2.24, 2.45) is 11.5 Å². The minimum absolute atomic E-state index is 0.0494. The fourth-order valence-corrected chi connectivity index (χ4v) is 5.43. The van der Waals surface area contributed by atoms with Crippen molar-refractivity contribution < 1.29 is 24.4 Å². The van der Waals surface area contributed by atoms with Gasteiger partial charge in [0, 0.05) is 37.0 Å². The molecule has 10 nitrogen and oxygen atoms in total. The number of primary amides is 1. The first kappa shape index (κ1) is 23.2. The molecule has 176 valence electrons. The van der Waals surface area contributed by atoms with Gasteiger partial charge in [0.1, 0.15) is 5.75 Å². The van der Waals surface area contributed by atoms with E-state index < -0.39 is 23.3 Å². The Morgan fingerprint density at radius 1 is 1.18 bits per heavy atom. The van der Waals surface area contributed by atoms with Crippen LogP contribution in [-0.4, -0.2) is 61.0 Å². The van der Waals surface area contributed by atoms with Crippen LogP contribution in [0.3, 0.4) is 0 Å². The van der Waals surface area contributed by atoms with Crippen LogP contribution < -0.4 is 16.8 Å². The largest absolute Gasteiger partial charge is 0.593 e. The number of nitrogens with one attached hydrogen (secondary N) is 1. The van der Waals surface area contributed by atoms with E-state index in [1.54, 1.807) is 9.21 Å². The maximum Gasteiger partial charge on any atom is 0.240 e. The summed E-state index contributed by atoms with van der Waals surface area (Å²) in [4.78, 5) is 25.3. The van der Waals surface area contributed by atoms with Gasteiger partial charge in [-0.3, -0.25) is 9.59 Å². The molecule has 2 aromatic rings. The molecule has 0 bridgehead atoms. The number of carbonyl (C=O) groups is 2. The van der Waals surface area contributed by atoms with Crippen LogP contribution in [-0.2, 0) is 34.0 Å². The van der Waals surface area contributed by atoms with Crippen LogP contribution in [0, 0.1) is 0 Å². The summed E-state index contributed by atoms with van der Waals surface area (Å²) in [5.41, 5.74) is 13.9. The Morgan fingerprint density at radius 2 is 1.94 bits per heavy atom. The van der Waals surface area contributed by atoms with Crippen molar-refractivity contribution in [3.63, 3.8) is 0 Å². The second-order valence-corrected chi connectivity index (χ2v) is 9.83. The Balaban J connectivity index is 1.36. The summed E-state index contributed by atoms with van der Waals surface area (Å²) in [7, 11) is 0. The molecule has 0 aliphatic carbocycles. The minimum atomic E-state index is -1.57. The molecule has 33 heavy (non-hydrogen) atoms. The molecule has 2 aliphatic heterocycles. The van der Waals surface area contributed by atoms with Gasteiger partial charge in [0.25, 0.3) is 0 Å². The van der Waals surface area contributed by atoms with Crippen molar-refractivity contribution in [2.45, 2.75) is 42.9 Å². The Morgan fingerprint density at radius 3 is 2.67 bits per heavy atom. The van der Waals surface area contributed by atoms with E-state index in [0.717, 1.165) is 23.2 Å². The van der Waals surface area contributed by atoms with Gasteiger partial charge in [0.15, 0.2) is 5.75 Å². The van der Waals surface area contributed by atoms with Gasteiger partial charge in [-0.15, -0.1) is 4.31 Å². The molecule has 1 unspecified atom stereocenters. The number of aromatic hydroxyl groups is 2. The molecule has 0 spiro atoms. The number of amides is 2. The third kappa shape index (κ3) is 5.17. The highest BCUT2D eigenvalue weighted by Gasteiger charge is 2.33. The van der Waals surface area contributed by atoms with Crippen LogP contribution in [0.4, 0.5) is 5.69 Å². The van der Waals surface area contributed by atoms with E-state index in [1.807, 2.05) is 18.2 Å². The maximum absolute atomic E-state index is 12.9. The summed E-state index contributed by atoms with van der Waals surface area (Å²) < 4.78 is 14.7. The van der Waals surface area contributed by atoms with Gasteiger partial charge in [-0.05, 0) is 35.7 Å². The molecular formula is C22H27N5O5S. The lowest BCUT2D eigenvalue weighted by molar-refractivity contribution is -0.133. The van der Waals surface area contributed by atoms with Crippen LogP contribution in [0.25, 0.3) is 0 Å². The van der Waals surface area contributed by atoms with E-state index in [1.165, 1.54) is 18.2 Å². The van der Waals surface area contributed by atoms with E-state index in [4.69, 9.17) is 11.5 Å². The predicted octanol–water partition coefficient (Wildman–Crippen LogP) is 0.352. The normalized spacial score (nSPS) is 19.8. The van der Waals surface area contributed by atoms with Gasteiger partial charge in [-0.2, -0.15) is 0 Å². The third-order valence-corrected chi connectivity index (χ3v) is 7.32. The molecule has 0 aromatic heterocycles. The number of hydrogen-bond acceptors (Lipinski definition) is 8. The molecule has 11 heteroatoms. The summed E-state index contributed by atoms with van der Waals surface area (Å²) in [6.07, 6.45) is 0.584. The first-order chi connectivity index (χ1) is 15.7. The molecule has 0 radical (unpaired) electrons. The van der Waals surface area contributed by atoms with Gasteiger partial charge >= 0.3 is 0 Å². The van der Waals surface area contributed by atoms with Crippen molar-refractivity contribution in [2.75, 3.05) is 18.4 Å². The molecule has 0 saturated carbocycles. The molecule has 1 fully saturated rings. The number of carbonyl (C=O) groups excluding carboxylic acids is 2. The van der Waals surface area contributed by atoms with Gasteiger partial charge in [0.05, 0.1) is 36.9 Å². The van der Waals surface area contributed by atoms with E-state index in [2.05, 4.69) is 5.32 Å². The first-order valence-electron chi connectivity index (χ1n) is 10.6. The van der Waals surface area contributed by atoms with Crippen molar-refractivity contribution in [3.8, 4) is 11.5 Å². The second-order valence-electron chi connectivity index (χ2n) is 8.37. The number of likely N-dealkylation sites (tertiary alicyclic amines) is 1. The summed E-state index contributed by atoms with van der Waals surface area (Å²) in [5.74, 6) is -1.17. The molecule has 4 rings (SSSR count). The summed E-state index contributed by atoms with van der Waals surface area (Å²) in [5, 5.41) is 22.9. The Bertz CT molecular complexity index is 1070. The number of phenolic OH excluding ortho intramolecular Hbond substituents is 2. The number of benzene rings is 2. The number of fused-ring (bicyclic) bond motifs is 1. The summed E-state index contributed by atoms with van der Waals surface area (Å²) in [6, 6.07) is 9.10. The zero-order valence-corrected chi connectivity index (χ0v) is 18.8. The molecule has 2 heterocycles. The van der Waals surface area contributed by atoms with Gasteiger partial charge in [-0.1, -0.05) is 6.07 Å². The zero-order valence-electron chi connectivity index (χ0n) is 17.9. The van der Waals surface area contributed by atoms with E-state index in [9.17, 15) is 24.4 Å². The fourth-order valence-electron chi connectivity index (χ4n) is 4.22. The smallest absolute Gasteiger partial charge is 0.240 e. The summed E-state index contributed by atoms with van der Waals surface area (Å²) >= 11 is -1.57. The van der Waals surface area contributed by atoms with Crippen molar-refractivity contribution in [1.82, 2.24) is 9.21 Å². The topological polar surface area (TPSA) is 168 Å². The van der Waals surface area contributed by atoms with E-state index in [0.29, 0.717) is 26.2 Å². The fraction of sp³-hybridized carbons (Fsp3) is 0.364. The average molecular weight is 474 g/mol. The zero-order chi connectivity index (χ0) is 23.7. The Kier molecular flexibility index (Phi) is 6.66. The lowest BCUT2D eigenvalue weighted by Gasteiger charge is -2.21. The Labute approximate surface area is 194 Å². The van der Waals surface area contributed by atoms with Crippen LogP contribution in [0.1, 0.15) is 24.0 Å². The van der Waals surface area contributed by atoms with Crippen molar-refractivity contribution in [3.05, 3.63) is 47.5 Å². The first-order valence-corrected chi connectivity index (χ1v) is 11.7. The highest BCUT2D eigenvalue weighted by atomic mass is 32.2. The van der Waals surface area contributed by atoms with Crippen LogP contribution in [0.15, 0.2) is 41.3 Å². The number of hydrogen-bond donors (Lipinski definition) is 5. The van der Waals surface area contributed by atoms with E-state index in [-0.39, 0.29) is 34.8 Å². The van der Waals surface area contributed by atoms with Crippen LogP contribution in [0.5, 0.6) is 11.5 Å². The molecule has 2 amide bonds. The van der Waals surface area contributed by atoms with Gasteiger partial charge in [-0.25, -0.2) is 0 Å². The highest BCUT2D eigenvalue weighted by molar-refractivity contribution is 7.89. The average Bonchev–Trinajstić information content (AvgIpc) is 3.39. The van der Waals surface area contributed by atoms with Gasteiger partial charge < -0.3 is 36.4 Å². The van der Waals surface area contributed by atoms with Crippen molar-refractivity contribution >= 4 is 28.9 Å². The number of anilines is 1. The van der Waals surface area contributed by atoms with Crippen LogP contribution >= 0.6 is 0 Å². The summed E-state index contributed by atoms with van der Waals surface area (Å²) in [6.45, 7) is 1.97. The highest BCUT2D eigenvalue weighted by Crippen LogP contribution is 2.35. The predicted molar refractivity (Wildman–Crippen MR) is 122 cm³/mol. The van der Waals surface area contributed by atoms with E-state index >= 15 is 0 Å². The SMILES string of the molecule is NC(=O)C[C@H](N)C(=O)N1CC[C@@H](Nc2ccc3c(c2)CN([S+]([O-])c2ccc(O)cc2O)C3)C1. The van der Waals surface area contributed by atoms with Crippen LogP contribution in [0.2, 0.25) is 0 Å². The maximum atomic E-state index is 12.9. The molecule has 2 aromatic carbocycles. The molecule has 1 saturated heterocycles. The monoisotopic (exact) mass is 473 g/mol. The Hall–Kier alpha value is -2.99. The lowest BCUT2D eigenvalue weighted by atomic mass is 10.1. The third-order valence-electron chi connectivity index (χ3n) is 5.87. The van der Waals surface area contributed by atoms with Gasteiger partial charge in [0.2, 0.25) is 16.7 Å². The quantitative estimate of drug-likeness (QED) is 0.359. The van der Waals surface area contributed by atoms with Crippen molar-refractivity contribution in [1.29, 1.82) is 0 Å². The molecule has 3 atom stereocenters. The second kappa shape index (κ2) is 9.48. The number of nitrogens with two attached hydrogens (primary N) is 2. The number of nitrogens with zero attached hydrogens (tertiary/aromatic N) is 2. The number of phenols is 2. The minimum Gasteiger partial charge on any atom is -0.593 e. The standard InChI is InChI=1S/C22H27N5O5S/c23-18(9-21(24)30)22(31)26-6-5-16(12-26)25-15-2-1-13-10-27(11-14(13)7-15)33(32)20-4-3-17(28)8-19(20)29/h1-4,7-8,16,18,25,28-29H,5-6,9-12,23H2,(H2,24,30)/t16-,18+,33?/m1/s1.